The van der Waals surface area contributed by atoms with Crippen molar-refractivity contribution >= 4 is 40.3 Å². The number of piperazine rings is 2. The second-order valence-corrected chi connectivity index (χ2v) is 21.3. The largest absolute Gasteiger partial charge is 0.507 e. The molecule has 4 aliphatic rings. The van der Waals surface area contributed by atoms with Crippen LogP contribution in [0.4, 0.5) is 17.2 Å². The van der Waals surface area contributed by atoms with Crippen LogP contribution < -0.4 is 25.6 Å². The van der Waals surface area contributed by atoms with Crippen LogP contribution in [0.25, 0.3) is 21.7 Å². The van der Waals surface area contributed by atoms with Gasteiger partial charge in [-0.1, -0.05) is 55.4 Å². The maximum absolute atomic E-state index is 14.2. The summed E-state index contributed by atoms with van der Waals surface area (Å²) in [7, 11) is 0. The molecule has 0 radical (unpaired) electrons. The van der Waals surface area contributed by atoms with E-state index in [1.54, 1.807) is 28.4 Å². The number of thiazole rings is 1. The number of pyridine rings is 1. The number of phenolic OH excluding ortho intramolecular Hbond substituents is 1. The summed E-state index contributed by atoms with van der Waals surface area (Å²) in [5.41, 5.74) is 15.4. The molecule has 0 aliphatic carbocycles. The van der Waals surface area contributed by atoms with E-state index in [1.807, 2.05) is 63.7 Å². The first-order valence-electron chi connectivity index (χ1n) is 26.0. The number of nitrogens with two attached hydrogens (primary N) is 1. The zero-order valence-corrected chi connectivity index (χ0v) is 43.2. The number of aryl methyl sites for hydroxylation is 2. The van der Waals surface area contributed by atoms with E-state index in [1.165, 1.54) is 0 Å². The van der Waals surface area contributed by atoms with Crippen LogP contribution in [-0.2, 0) is 16.0 Å². The Kier molecular flexibility index (Phi) is 15.2. The normalized spacial score (nSPS) is 20.2. The van der Waals surface area contributed by atoms with E-state index < -0.39 is 12.0 Å². The highest BCUT2D eigenvalue weighted by Gasteiger charge is 2.42. The van der Waals surface area contributed by atoms with Crippen molar-refractivity contribution in [2.75, 3.05) is 81.0 Å². The highest BCUT2D eigenvalue weighted by molar-refractivity contribution is 7.13. The van der Waals surface area contributed by atoms with E-state index in [-0.39, 0.29) is 29.5 Å². The lowest BCUT2D eigenvalue weighted by atomic mass is 9.91. The molecule has 8 heterocycles. The van der Waals surface area contributed by atoms with Crippen LogP contribution in [0, 0.1) is 12.8 Å². The van der Waals surface area contributed by atoms with E-state index in [9.17, 15) is 14.7 Å². The molecule has 2 bridgehead atoms. The predicted molar refractivity (Wildman–Crippen MR) is 284 cm³/mol. The summed E-state index contributed by atoms with van der Waals surface area (Å²) >= 11 is 1.62. The molecular formula is C55H68N12O5S. The lowest BCUT2D eigenvalue weighted by Crippen LogP contribution is -2.54. The molecule has 4 aliphatic heterocycles. The van der Waals surface area contributed by atoms with Gasteiger partial charge in [0.2, 0.25) is 17.7 Å². The van der Waals surface area contributed by atoms with Gasteiger partial charge in [-0.3, -0.25) is 14.5 Å². The van der Waals surface area contributed by atoms with Crippen LogP contribution >= 0.6 is 11.3 Å². The maximum Gasteiger partial charge on any atom is 0.243 e. The number of anilines is 3. The standard InChI is InChI=1S/C55H68N12O5S/c1-35(2)51(55(70)66-22-8-11-46(66)54(69)59-36(3)38-13-15-39(16-14-38)52-37(4)58-34-73-52)49-29-40(62-72-49)9-7-21-63-23-25-64(26-24-63)27-28-71-50-30-41(19-20-57-50)67-42-17-18-43(67)33-65(32-42)47-31-45(60-61-53(47)56)44-10-5-6-12-48(44)68/h5-6,10,12-16,19-20,29-31,34-36,42-43,46,51,68H,7-9,11,17-18,21-28,32-33H2,1-4H3,(H2,56,61)(H,59,69)/t36-,42?,43?,46-,51?/m0/s1. The number of aromatic nitrogens is 5. The number of ether oxygens (including phenoxy) is 1. The van der Waals surface area contributed by atoms with Gasteiger partial charge in [0.05, 0.1) is 39.2 Å². The van der Waals surface area contributed by atoms with Gasteiger partial charge in [-0.15, -0.1) is 21.5 Å². The highest BCUT2D eigenvalue weighted by atomic mass is 32.1. The van der Waals surface area contributed by atoms with Crippen LogP contribution in [-0.4, -0.2) is 141 Å². The van der Waals surface area contributed by atoms with Crippen LogP contribution in [0.3, 0.4) is 0 Å². The summed E-state index contributed by atoms with van der Waals surface area (Å²) in [6.45, 7) is 16.4. The molecule has 6 aromatic rings. The third-order valence-electron chi connectivity index (χ3n) is 15.3. The Morgan fingerprint density at radius 2 is 1.66 bits per heavy atom. The van der Waals surface area contributed by atoms with Crippen LogP contribution in [0.2, 0.25) is 0 Å². The van der Waals surface area contributed by atoms with Gasteiger partial charge in [-0.05, 0) is 100 Å². The number of carbonyl (C=O) groups excluding carboxylic acids is 2. The summed E-state index contributed by atoms with van der Waals surface area (Å²) in [6.07, 6.45) is 7.11. The monoisotopic (exact) mass is 1010 g/mol. The highest BCUT2D eigenvalue weighted by Crippen LogP contribution is 2.40. The molecule has 3 unspecified atom stereocenters. The number of nitrogens with one attached hydrogen (secondary N) is 1. The van der Waals surface area contributed by atoms with Gasteiger partial charge in [0.15, 0.2) is 5.82 Å². The average molecular weight is 1010 g/mol. The quantitative estimate of drug-likeness (QED) is 0.0773. The Labute approximate surface area is 431 Å². The van der Waals surface area contributed by atoms with E-state index in [0.29, 0.717) is 60.4 Å². The van der Waals surface area contributed by atoms with Gasteiger partial charge in [0.25, 0.3) is 0 Å². The minimum atomic E-state index is -0.526. The molecule has 4 N–H and O–H groups in total. The first kappa shape index (κ1) is 49.9. The van der Waals surface area contributed by atoms with Gasteiger partial charge < -0.3 is 45.0 Å². The lowest BCUT2D eigenvalue weighted by Gasteiger charge is -2.43. The van der Waals surface area contributed by atoms with Crippen molar-refractivity contribution in [2.45, 2.75) is 96.3 Å². The number of likely N-dealkylation sites (tertiary alicyclic amines) is 1. The molecule has 73 heavy (non-hydrogen) atoms. The van der Waals surface area contributed by atoms with Gasteiger partial charge >= 0.3 is 0 Å². The van der Waals surface area contributed by atoms with E-state index in [4.69, 9.17) is 15.0 Å². The summed E-state index contributed by atoms with van der Waals surface area (Å²) in [6, 6.07) is 23.3. The molecule has 4 aromatic heterocycles. The van der Waals surface area contributed by atoms with Crippen LogP contribution in [0.1, 0.15) is 87.5 Å². The Hall–Kier alpha value is -6.63. The van der Waals surface area contributed by atoms with E-state index in [0.717, 1.165) is 123 Å². The number of aromatic hydroxyl groups is 1. The summed E-state index contributed by atoms with van der Waals surface area (Å²) < 4.78 is 12.2. The molecule has 5 atom stereocenters. The number of nitrogens with zero attached hydrogens (tertiary/aromatic N) is 10. The van der Waals surface area contributed by atoms with Crippen molar-refractivity contribution in [3.63, 3.8) is 0 Å². The second-order valence-electron chi connectivity index (χ2n) is 20.5. The van der Waals surface area contributed by atoms with E-state index in [2.05, 4.69) is 86.6 Å². The molecule has 10 rings (SSSR count). The number of fused-ring (bicyclic) bond motifs is 2. The lowest BCUT2D eigenvalue weighted by molar-refractivity contribution is -0.141. The number of benzene rings is 2. The first-order valence-corrected chi connectivity index (χ1v) is 26.9. The van der Waals surface area contributed by atoms with Crippen molar-refractivity contribution in [3.05, 3.63) is 107 Å². The number of hydrogen-bond acceptors (Lipinski definition) is 16. The number of nitrogen functional groups attached to an aromatic ring is 1. The molecule has 2 aromatic carbocycles. The third kappa shape index (κ3) is 11.2. The molecule has 0 saturated carbocycles. The fourth-order valence-corrected chi connectivity index (χ4v) is 12.1. The molecular weight excluding hydrogens is 941 g/mol. The minimum Gasteiger partial charge on any atom is -0.507 e. The minimum absolute atomic E-state index is 0.0329. The molecule has 4 fully saturated rings. The number of rotatable bonds is 18. The van der Waals surface area contributed by atoms with E-state index >= 15 is 0 Å². The Morgan fingerprint density at radius 3 is 2.38 bits per heavy atom. The Morgan fingerprint density at radius 1 is 0.904 bits per heavy atom. The fourth-order valence-electron chi connectivity index (χ4n) is 11.3. The molecule has 17 nitrogen and oxygen atoms in total. The second kappa shape index (κ2) is 22.2. The summed E-state index contributed by atoms with van der Waals surface area (Å²) in [5.74, 6) is 1.01. The van der Waals surface area contributed by atoms with Gasteiger partial charge in [-0.2, -0.15) is 0 Å². The zero-order valence-electron chi connectivity index (χ0n) is 42.4. The zero-order chi connectivity index (χ0) is 50.6. The predicted octanol–water partition coefficient (Wildman–Crippen LogP) is 7.34. The van der Waals surface area contributed by atoms with Crippen molar-refractivity contribution in [3.8, 4) is 33.3 Å². The molecule has 4 saturated heterocycles. The Balaban J connectivity index is 0.649. The number of amides is 2. The summed E-state index contributed by atoms with van der Waals surface area (Å²) in [5, 5.41) is 26.6. The van der Waals surface area contributed by atoms with Crippen molar-refractivity contribution in [1.29, 1.82) is 0 Å². The molecule has 384 valence electrons. The van der Waals surface area contributed by atoms with Crippen LogP contribution in [0.15, 0.2) is 89.0 Å². The topological polar surface area (TPSA) is 195 Å². The van der Waals surface area contributed by atoms with Crippen molar-refractivity contribution in [1.82, 2.24) is 45.3 Å². The SMILES string of the molecule is Cc1ncsc1-c1ccc([C@H](C)NC(=O)[C@@H]2CCCN2C(=O)C(c2cc(CCCN3CCN(CCOc4cc(N5C6CCC5CN(c5cc(-c7ccccc7O)nnc5N)C6)ccn4)CC3)no2)C(C)C)cc1. The van der Waals surface area contributed by atoms with Crippen LogP contribution in [0.5, 0.6) is 11.6 Å². The van der Waals surface area contributed by atoms with Gasteiger partial charge in [0, 0.05) is 94.0 Å². The number of hydrogen-bond donors (Lipinski definition) is 3. The molecule has 2 amide bonds. The van der Waals surface area contributed by atoms with Gasteiger partial charge in [-0.25, -0.2) is 9.97 Å². The molecule has 18 heteroatoms. The Bertz CT molecular complexity index is 2830. The first-order chi connectivity index (χ1) is 35.5. The van der Waals surface area contributed by atoms with Crippen molar-refractivity contribution < 1.29 is 24.0 Å². The average Bonchev–Trinajstić information content (AvgIpc) is 4.22. The smallest absolute Gasteiger partial charge is 0.243 e. The third-order valence-corrected chi connectivity index (χ3v) is 16.3. The summed E-state index contributed by atoms with van der Waals surface area (Å²) in [4.78, 5) is 49.6. The van der Waals surface area contributed by atoms with Gasteiger partial charge in [0.1, 0.15) is 30.1 Å². The number of para-hydroxylation sites is 1. The number of carbonyl (C=O) groups is 2. The fraction of sp³-hybridized carbons (Fsp3) is 0.473. The maximum atomic E-state index is 14.2. The molecule has 0 spiro atoms. The van der Waals surface area contributed by atoms with Crippen molar-refractivity contribution in [2.24, 2.45) is 5.92 Å². The number of phenols is 1.